The summed E-state index contributed by atoms with van der Waals surface area (Å²) in [5.41, 5.74) is 2.54. The van der Waals surface area contributed by atoms with Crippen molar-refractivity contribution in [1.82, 2.24) is 14.9 Å². The fourth-order valence-electron chi connectivity index (χ4n) is 2.93. The Labute approximate surface area is 166 Å². The molecular weight excluding hydrogens is 380 g/mol. The van der Waals surface area contributed by atoms with E-state index in [-0.39, 0.29) is 6.03 Å². The van der Waals surface area contributed by atoms with E-state index in [0.717, 1.165) is 29.4 Å². The number of thioether (sulfide) groups is 1. The molecule has 0 unspecified atom stereocenters. The molecule has 1 aliphatic rings. The smallest absolute Gasteiger partial charge is 0.323 e. The summed E-state index contributed by atoms with van der Waals surface area (Å²) in [5.74, 6) is 2.26. The van der Waals surface area contributed by atoms with Crippen LogP contribution < -0.4 is 5.32 Å². The number of nitrogens with zero attached hydrogens (tertiary/aromatic N) is 3. The zero-order valence-corrected chi connectivity index (χ0v) is 16.6. The lowest BCUT2D eigenvalue weighted by Gasteiger charge is -2.28. The van der Waals surface area contributed by atoms with E-state index in [4.69, 9.17) is 4.42 Å². The van der Waals surface area contributed by atoms with Crippen LogP contribution in [0, 0.1) is 0 Å². The number of oxazole rings is 1. The van der Waals surface area contributed by atoms with E-state index in [1.807, 2.05) is 24.0 Å². The first-order valence-electron chi connectivity index (χ1n) is 8.86. The molecule has 0 spiro atoms. The highest BCUT2D eigenvalue weighted by molar-refractivity contribution is 8.00. The zero-order valence-electron chi connectivity index (χ0n) is 15.0. The number of carbonyl (C=O) groups excluding carboxylic acids is 1. The number of hydrogen-bond donors (Lipinski definition) is 1. The third-order valence-electron chi connectivity index (χ3n) is 4.40. The molecule has 1 aliphatic heterocycles. The molecule has 0 saturated heterocycles. The van der Waals surface area contributed by atoms with Crippen molar-refractivity contribution in [2.24, 2.45) is 0 Å². The van der Waals surface area contributed by atoms with Crippen LogP contribution >= 0.6 is 23.1 Å². The maximum absolute atomic E-state index is 12.6. The number of nitrogens with one attached hydrogen (secondary N) is 1. The summed E-state index contributed by atoms with van der Waals surface area (Å²) in [6.45, 7) is 3.40. The van der Waals surface area contributed by atoms with Gasteiger partial charge in [0.05, 0.1) is 22.4 Å². The van der Waals surface area contributed by atoms with Gasteiger partial charge in [-0.3, -0.25) is 5.32 Å². The first-order valence-corrected chi connectivity index (χ1v) is 10.7. The van der Waals surface area contributed by atoms with Gasteiger partial charge in [-0.15, -0.1) is 11.8 Å². The predicted octanol–water partition coefficient (Wildman–Crippen LogP) is 4.58. The van der Waals surface area contributed by atoms with Gasteiger partial charge in [0.1, 0.15) is 5.76 Å². The van der Waals surface area contributed by atoms with Gasteiger partial charge in [0, 0.05) is 19.5 Å². The lowest BCUT2D eigenvalue weighted by molar-refractivity contribution is 0.206. The maximum atomic E-state index is 12.6. The molecule has 0 radical (unpaired) electrons. The van der Waals surface area contributed by atoms with E-state index in [1.54, 1.807) is 24.2 Å². The Balaban J connectivity index is 1.32. The van der Waals surface area contributed by atoms with Crippen molar-refractivity contribution in [2.75, 3.05) is 11.9 Å². The summed E-state index contributed by atoms with van der Waals surface area (Å²) < 4.78 is 6.63. The molecule has 140 valence electrons. The SMILES string of the molecule is CCc1cnc(CSc2cnc(NC(=O)N3CCc4ccccc4C3)s2)o1. The largest absolute Gasteiger partial charge is 0.445 e. The van der Waals surface area contributed by atoms with E-state index in [2.05, 4.69) is 27.4 Å². The third-order valence-corrected chi connectivity index (χ3v) is 6.50. The van der Waals surface area contributed by atoms with E-state index in [1.165, 1.54) is 22.5 Å². The fraction of sp³-hybridized carbons (Fsp3) is 0.316. The van der Waals surface area contributed by atoms with Crippen LogP contribution in [0.1, 0.15) is 29.7 Å². The van der Waals surface area contributed by atoms with Crippen LogP contribution in [0.2, 0.25) is 0 Å². The molecule has 1 N–H and O–H groups in total. The normalized spacial score (nSPS) is 13.4. The highest BCUT2D eigenvalue weighted by Gasteiger charge is 2.21. The highest BCUT2D eigenvalue weighted by atomic mass is 32.2. The molecule has 4 rings (SSSR count). The van der Waals surface area contributed by atoms with Gasteiger partial charge in [-0.05, 0) is 17.5 Å². The summed E-state index contributed by atoms with van der Waals surface area (Å²) in [6.07, 6.45) is 5.28. The van der Waals surface area contributed by atoms with Crippen LogP contribution in [0.5, 0.6) is 0 Å². The third kappa shape index (κ3) is 4.33. The number of carbonyl (C=O) groups is 1. The van der Waals surface area contributed by atoms with Gasteiger partial charge >= 0.3 is 6.03 Å². The van der Waals surface area contributed by atoms with Crippen molar-refractivity contribution < 1.29 is 9.21 Å². The Morgan fingerprint density at radius 3 is 2.96 bits per heavy atom. The second-order valence-electron chi connectivity index (χ2n) is 6.22. The molecule has 8 heteroatoms. The first-order chi connectivity index (χ1) is 13.2. The molecule has 27 heavy (non-hydrogen) atoms. The minimum absolute atomic E-state index is 0.101. The van der Waals surface area contributed by atoms with Gasteiger partial charge in [-0.25, -0.2) is 14.8 Å². The number of aryl methyl sites for hydroxylation is 1. The van der Waals surface area contributed by atoms with Gasteiger partial charge in [0.15, 0.2) is 5.13 Å². The summed E-state index contributed by atoms with van der Waals surface area (Å²) in [6, 6.07) is 8.17. The minimum Gasteiger partial charge on any atom is -0.445 e. The van der Waals surface area contributed by atoms with Gasteiger partial charge in [-0.1, -0.05) is 42.5 Å². The monoisotopic (exact) mass is 400 g/mol. The van der Waals surface area contributed by atoms with E-state index < -0.39 is 0 Å². The highest BCUT2D eigenvalue weighted by Crippen LogP contribution is 2.31. The summed E-state index contributed by atoms with van der Waals surface area (Å²) in [7, 11) is 0. The van der Waals surface area contributed by atoms with Crippen LogP contribution in [-0.4, -0.2) is 27.4 Å². The average molecular weight is 401 g/mol. The lowest BCUT2D eigenvalue weighted by Crippen LogP contribution is -2.38. The van der Waals surface area contributed by atoms with E-state index in [0.29, 0.717) is 23.3 Å². The van der Waals surface area contributed by atoms with Crippen LogP contribution in [0.25, 0.3) is 0 Å². The van der Waals surface area contributed by atoms with Gasteiger partial charge < -0.3 is 9.32 Å². The quantitative estimate of drug-likeness (QED) is 0.635. The molecule has 3 aromatic rings. The van der Waals surface area contributed by atoms with Gasteiger partial charge in [-0.2, -0.15) is 0 Å². The van der Waals surface area contributed by atoms with Crippen LogP contribution in [0.15, 0.2) is 45.3 Å². The van der Waals surface area contributed by atoms with Gasteiger partial charge in [0.2, 0.25) is 5.89 Å². The van der Waals surface area contributed by atoms with Gasteiger partial charge in [0.25, 0.3) is 0 Å². The van der Waals surface area contributed by atoms with Crippen molar-refractivity contribution in [3.8, 4) is 0 Å². The number of aromatic nitrogens is 2. The molecule has 6 nitrogen and oxygen atoms in total. The molecule has 0 saturated carbocycles. The number of thiazole rings is 1. The number of hydrogen-bond acceptors (Lipinski definition) is 6. The summed E-state index contributed by atoms with van der Waals surface area (Å²) >= 11 is 3.07. The minimum atomic E-state index is -0.101. The zero-order chi connectivity index (χ0) is 18.6. The molecule has 1 aromatic carbocycles. The predicted molar refractivity (Wildman–Crippen MR) is 107 cm³/mol. The molecular formula is C19H20N4O2S2. The Morgan fingerprint density at radius 1 is 1.30 bits per heavy atom. The number of rotatable bonds is 5. The fourth-order valence-corrected chi connectivity index (χ4v) is 4.65. The van der Waals surface area contributed by atoms with E-state index in [9.17, 15) is 4.79 Å². The Hall–Kier alpha value is -2.32. The first kappa shape index (κ1) is 18.1. The molecule has 3 heterocycles. The topological polar surface area (TPSA) is 71.3 Å². The molecule has 2 aromatic heterocycles. The van der Waals surface area contributed by atoms with Crippen molar-refractivity contribution in [2.45, 2.75) is 36.3 Å². The summed E-state index contributed by atoms with van der Waals surface area (Å²) in [5, 5.41) is 3.53. The second kappa shape index (κ2) is 8.14. The Morgan fingerprint density at radius 2 is 2.15 bits per heavy atom. The number of benzene rings is 1. The molecule has 0 fully saturated rings. The van der Waals surface area contributed by atoms with Crippen molar-refractivity contribution in [1.29, 1.82) is 0 Å². The van der Waals surface area contributed by atoms with Crippen molar-refractivity contribution in [3.63, 3.8) is 0 Å². The van der Waals surface area contributed by atoms with Crippen LogP contribution in [0.3, 0.4) is 0 Å². The Kier molecular flexibility index (Phi) is 5.45. The average Bonchev–Trinajstić information content (AvgIpc) is 3.35. The number of fused-ring (bicyclic) bond motifs is 1. The van der Waals surface area contributed by atoms with Crippen molar-refractivity contribution >= 4 is 34.3 Å². The summed E-state index contributed by atoms with van der Waals surface area (Å²) in [4.78, 5) is 23.0. The maximum Gasteiger partial charge on any atom is 0.323 e. The molecule has 0 atom stereocenters. The number of anilines is 1. The molecule has 0 bridgehead atoms. The van der Waals surface area contributed by atoms with Crippen LogP contribution in [-0.2, 0) is 25.1 Å². The number of amides is 2. The Bertz CT molecular complexity index is 937. The molecule has 2 amide bonds. The standard InChI is InChI=1S/C19H20N4O2S2/c1-2-15-9-20-16(25-15)12-26-17-10-21-18(27-17)22-19(24)23-8-7-13-5-3-4-6-14(13)11-23/h3-6,9-10H,2,7-8,11-12H2,1H3,(H,21,22,24). The van der Waals surface area contributed by atoms with Crippen molar-refractivity contribution in [3.05, 3.63) is 59.4 Å². The number of urea groups is 1. The van der Waals surface area contributed by atoms with E-state index >= 15 is 0 Å². The van der Waals surface area contributed by atoms with Crippen LogP contribution in [0.4, 0.5) is 9.93 Å². The second-order valence-corrected chi connectivity index (χ2v) is 8.52. The molecule has 0 aliphatic carbocycles. The lowest BCUT2D eigenvalue weighted by atomic mass is 10.0.